The second-order valence-corrected chi connectivity index (χ2v) is 5.82. The van der Waals surface area contributed by atoms with Crippen LogP contribution in [0.1, 0.15) is 19.4 Å². The molecule has 2 rings (SSSR count). The van der Waals surface area contributed by atoms with Crippen molar-refractivity contribution in [2.75, 3.05) is 25.1 Å². The summed E-state index contributed by atoms with van der Waals surface area (Å²) in [5.41, 5.74) is 1.90. The van der Waals surface area contributed by atoms with Crippen molar-refractivity contribution in [3.05, 3.63) is 29.8 Å². The molecule has 1 heterocycles. The van der Waals surface area contributed by atoms with Crippen LogP contribution in [0.2, 0.25) is 0 Å². The molecule has 0 radical (unpaired) electrons. The van der Waals surface area contributed by atoms with Crippen molar-refractivity contribution in [1.29, 1.82) is 0 Å². The Morgan fingerprint density at radius 1 is 1.37 bits per heavy atom. The van der Waals surface area contributed by atoms with Gasteiger partial charge in [-0.1, -0.05) is 18.2 Å². The molecular weight excluding hydrogens is 240 g/mol. The number of hydrogen-bond acceptors (Lipinski definition) is 3. The lowest BCUT2D eigenvalue weighted by atomic mass is 9.94. The highest BCUT2D eigenvalue weighted by Crippen LogP contribution is 2.30. The van der Waals surface area contributed by atoms with Crippen LogP contribution in [-0.4, -0.2) is 47.7 Å². The van der Waals surface area contributed by atoms with Crippen molar-refractivity contribution in [2.45, 2.75) is 32.4 Å². The standard InChI is InChI=1S/C15H22N2O2/c1-11-7-5-6-8-12(11)17-10-15(2,3)16(4)14(19)13(17)9-18/h5-8,13,18H,9-10H2,1-4H3. The average molecular weight is 262 g/mol. The number of nitrogens with zero attached hydrogens (tertiary/aromatic N) is 2. The number of aliphatic hydroxyl groups excluding tert-OH is 1. The molecule has 0 aliphatic carbocycles. The van der Waals surface area contributed by atoms with Gasteiger partial charge in [0.15, 0.2) is 0 Å². The van der Waals surface area contributed by atoms with Crippen LogP contribution in [0, 0.1) is 6.92 Å². The number of piperazine rings is 1. The number of aliphatic hydroxyl groups is 1. The Hall–Kier alpha value is -1.55. The number of aryl methyl sites for hydroxylation is 1. The zero-order valence-electron chi connectivity index (χ0n) is 12.1. The molecule has 1 unspecified atom stereocenters. The molecule has 4 nitrogen and oxygen atoms in total. The summed E-state index contributed by atoms with van der Waals surface area (Å²) in [5.74, 6) is -0.0259. The number of carbonyl (C=O) groups is 1. The molecule has 4 heteroatoms. The first-order valence-electron chi connectivity index (χ1n) is 6.59. The minimum Gasteiger partial charge on any atom is -0.394 e. The number of carbonyl (C=O) groups excluding carboxylic acids is 1. The predicted octanol–water partition coefficient (Wildman–Crippen LogP) is 1.41. The quantitative estimate of drug-likeness (QED) is 0.876. The van der Waals surface area contributed by atoms with Crippen LogP contribution in [0.4, 0.5) is 5.69 Å². The highest BCUT2D eigenvalue weighted by atomic mass is 16.3. The summed E-state index contributed by atoms with van der Waals surface area (Å²) < 4.78 is 0. The van der Waals surface area contributed by atoms with E-state index in [1.54, 1.807) is 11.9 Å². The Labute approximate surface area is 114 Å². The molecule has 1 aliphatic rings. The van der Waals surface area contributed by atoms with Crippen LogP contribution in [0.15, 0.2) is 24.3 Å². The van der Waals surface area contributed by atoms with Crippen LogP contribution in [-0.2, 0) is 4.79 Å². The fourth-order valence-electron chi connectivity index (χ4n) is 2.60. The fourth-order valence-corrected chi connectivity index (χ4v) is 2.60. The number of anilines is 1. The van der Waals surface area contributed by atoms with Gasteiger partial charge < -0.3 is 14.9 Å². The van der Waals surface area contributed by atoms with Crippen molar-refractivity contribution in [3.63, 3.8) is 0 Å². The average Bonchev–Trinajstić information content (AvgIpc) is 2.36. The van der Waals surface area contributed by atoms with Gasteiger partial charge in [-0.3, -0.25) is 4.79 Å². The van der Waals surface area contributed by atoms with E-state index in [9.17, 15) is 9.90 Å². The molecule has 1 atom stereocenters. The summed E-state index contributed by atoms with van der Waals surface area (Å²) >= 11 is 0. The highest BCUT2D eigenvalue weighted by Gasteiger charge is 2.42. The number of likely N-dealkylation sites (N-methyl/N-ethyl adjacent to an activating group) is 1. The zero-order chi connectivity index (χ0) is 14.2. The molecule has 1 fully saturated rings. The van der Waals surface area contributed by atoms with Gasteiger partial charge in [-0.05, 0) is 32.4 Å². The number of rotatable bonds is 2. The lowest BCUT2D eigenvalue weighted by Gasteiger charge is -2.49. The molecule has 1 saturated heterocycles. The first-order valence-corrected chi connectivity index (χ1v) is 6.59. The fraction of sp³-hybridized carbons (Fsp3) is 0.533. The summed E-state index contributed by atoms with van der Waals surface area (Å²) in [6, 6.07) is 7.49. The van der Waals surface area contributed by atoms with Crippen LogP contribution in [0.3, 0.4) is 0 Å². The second kappa shape index (κ2) is 4.85. The van der Waals surface area contributed by atoms with E-state index in [4.69, 9.17) is 0 Å². The minimum atomic E-state index is -0.487. The number of benzene rings is 1. The van der Waals surface area contributed by atoms with Gasteiger partial charge in [0.2, 0.25) is 5.91 Å². The Kier molecular flexibility index (Phi) is 3.54. The van der Waals surface area contributed by atoms with E-state index in [1.807, 2.05) is 49.9 Å². The molecule has 19 heavy (non-hydrogen) atoms. The normalized spacial score (nSPS) is 22.8. The Morgan fingerprint density at radius 2 is 2.00 bits per heavy atom. The summed E-state index contributed by atoms with van der Waals surface area (Å²) in [6.45, 7) is 6.67. The number of hydrogen-bond donors (Lipinski definition) is 1. The van der Waals surface area contributed by atoms with E-state index in [0.717, 1.165) is 11.3 Å². The smallest absolute Gasteiger partial charge is 0.247 e. The maximum atomic E-state index is 12.4. The van der Waals surface area contributed by atoms with Crippen LogP contribution in [0.5, 0.6) is 0 Å². The van der Waals surface area contributed by atoms with Crippen molar-refractivity contribution < 1.29 is 9.90 Å². The topological polar surface area (TPSA) is 43.8 Å². The first kappa shape index (κ1) is 13.9. The molecule has 1 aliphatic heterocycles. The number of amides is 1. The van der Waals surface area contributed by atoms with Gasteiger partial charge in [0.25, 0.3) is 0 Å². The van der Waals surface area contributed by atoms with Gasteiger partial charge in [0.1, 0.15) is 6.04 Å². The molecule has 0 aromatic heterocycles. The molecule has 1 amide bonds. The lowest BCUT2D eigenvalue weighted by Crippen LogP contribution is -2.66. The van der Waals surface area contributed by atoms with Gasteiger partial charge in [-0.25, -0.2) is 0 Å². The number of para-hydroxylation sites is 1. The molecule has 0 spiro atoms. The zero-order valence-corrected chi connectivity index (χ0v) is 12.1. The SMILES string of the molecule is Cc1ccccc1N1CC(C)(C)N(C)C(=O)C1CO. The van der Waals surface area contributed by atoms with Crippen molar-refractivity contribution in [1.82, 2.24) is 4.90 Å². The van der Waals surface area contributed by atoms with Gasteiger partial charge in [0, 0.05) is 19.3 Å². The van der Waals surface area contributed by atoms with E-state index in [-0.39, 0.29) is 18.1 Å². The van der Waals surface area contributed by atoms with Gasteiger partial charge in [-0.2, -0.15) is 0 Å². The Balaban J connectivity index is 2.43. The summed E-state index contributed by atoms with van der Waals surface area (Å²) in [7, 11) is 1.81. The van der Waals surface area contributed by atoms with E-state index in [1.165, 1.54) is 0 Å². The second-order valence-electron chi connectivity index (χ2n) is 5.82. The minimum absolute atomic E-state index is 0.0259. The van der Waals surface area contributed by atoms with Gasteiger partial charge in [-0.15, -0.1) is 0 Å². The molecule has 0 saturated carbocycles. The monoisotopic (exact) mass is 262 g/mol. The molecular formula is C15H22N2O2. The summed E-state index contributed by atoms with van der Waals surface area (Å²) in [5, 5.41) is 9.58. The van der Waals surface area contributed by atoms with Crippen molar-refractivity contribution in [2.24, 2.45) is 0 Å². The molecule has 1 aromatic carbocycles. The van der Waals surface area contributed by atoms with E-state index < -0.39 is 6.04 Å². The Morgan fingerprint density at radius 3 is 2.58 bits per heavy atom. The highest BCUT2D eigenvalue weighted by molar-refractivity contribution is 5.88. The van der Waals surface area contributed by atoms with E-state index in [2.05, 4.69) is 0 Å². The van der Waals surface area contributed by atoms with Crippen LogP contribution in [0.25, 0.3) is 0 Å². The molecule has 0 bridgehead atoms. The summed E-state index contributed by atoms with van der Waals surface area (Å²) in [4.78, 5) is 16.2. The predicted molar refractivity (Wildman–Crippen MR) is 76.2 cm³/mol. The third kappa shape index (κ3) is 2.32. The third-order valence-corrected chi connectivity index (χ3v) is 4.05. The lowest BCUT2D eigenvalue weighted by molar-refractivity contribution is -0.139. The van der Waals surface area contributed by atoms with Crippen molar-refractivity contribution in [3.8, 4) is 0 Å². The van der Waals surface area contributed by atoms with Crippen molar-refractivity contribution >= 4 is 11.6 Å². The van der Waals surface area contributed by atoms with E-state index in [0.29, 0.717) is 6.54 Å². The molecule has 1 aromatic rings. The molecule has 1 N–H and O–H groups in total. The van der Waals surface area contributed by atoms with Gasteiger partial charge >= 0.3 is 0 Å². The largest absolute Gasteiger partial charge is 0.394 e. The first-order chi connectivity index (χ1) is 8.88. The Bertz CT molecular complexity index is 485. The molecule has 104 valence electrons. The maximum absolute atomic E-state index is 12.4. The third-order valence-electron chi connectivity index (χ3n) is 4.05. The van der Waals surface area contributed by atoms with Crippen LogP contribution >= 0.6 is 0 Å². The van der Waals surface area contributed by atoms with Crippen LogP contribution < -0.4 is 4.90 Å². The van der Waals surface area contributed by atoms with Gasteiger partial charge in [0.05, 0.1) is 12.1 Å². The maximum Gasteiger partial charge on any atom is 0.247 e. The van der Waals surface area contributed by atoms with E-state index >= 15 is 0 Å². The summed E-state index contributed by atoms with van der Waals surface area (Å²) in [6.07, 6.45) is 0.